The van der Waals surface area contributed by atoms with E-state index in [0.29, 0.717) is 12.1 Å². The molecule has 1 heterocycles. The first-order valence-electron chi connectivity index (χ1n) is 6.67. The van der Waals surface area contributed by atoms with E-state index in [4.69, 9.17) is 0 Å². The van der Waals surface area contributed by atoms with Gasteiger partial charge in [-0.05, 0) is 53.6 Å². The third-order valence-electron chi connectivity index (χ3n) is 3.72. The Morgan fingerprint density at radius 2 is 1.89 bits per heavy atom. The molecule has 94 valence electrons. The van der Waals surface area contributed by atoms with E-state index >= 15 is 0 Å². The van der Waals surface area contributed by atoms with Gasteiger partial charge in [0.15, 0.2) is 0 Å². The van der Waals surface area contributed by atoms with Crippen LogP contribution in [0.5, 0.6) is 0 Å². The van der Waals surface area contributed by atoms with Crippen LogP contribution in [0.1, 0.15) is 43.0 Å². The molecule has 0 aliphatic heterocycles. The molecule has 0 amide bonds. The van der Waals surface area contributed by atoms with Gasteiger partial charge < -0.3 is 5.32 Å². The molecule has 18 heavy (non-hydrogen) atoms. The minimum Gasteiger partial charge on any atom is -0.303 e. The Bertz CT molecular complexity index is 473. The minimum atomic E-state index is 0.432. The lowest BCUT2D eigenvalue weighted by atomic mass is 10.0. The lowest BCUT2D eigenvalue weighted by molar-refractivity contribution is 0.428. The molecule has 0 bridgehead atoms. The molecule has 3 rings (SSSR count). The standard InChI is InChI=1S/C16H19NS/c1-12(15-9-10-18-11-15)17-16(14-7-8-14)13-5-3-2-4-6-13/h2-6,9-12,14,16-17H,7-8H2,1H3. The monoisotopic (exact) mass is 257 g/mol. The highest BCUT2D eigenvalue weighted by atomic mass is 32.1. The molecule has 1 saturated carbocycles. The van der Waals surface area contributed by atoms with Crippen LogP contribution in [0.25, 0.3) is 0 Å². The van der Waals surface area contributed by atoms with Crippen LogP contribution >= 0.6 is 11.3 Å². The highest BCUT2D eigenvalue weighted by Gasteiger charge is 2.32. The number of hydrogen-bond acceptors (Lipinski definition) is 2. The molecule has 2 unspecified atom stereocenters. The van der Waals surface area contributed by atoms with Crippen LogP contribution in [0.15, 0.2) is 47.2 Å². The minimum absolute atomic E-state index is 0.432. The van der Waals surface area contributed by atoms with Gasteiger partial charge in [-0.3, -0.25) is 0 Å². The summed E-state index contributed by atoms with van der Waals surface area (Å²) in [5.74, 6) is 0.827. The maximum atomic E-state index is 3.80. The van der Waals surface area contributed by atoms with Crippen LogP contribution in [-0.4, -0.2) is 0 Å². The van der Waals surface area contributed by atoms with E-state index in [-0.39, 0.29) is 0 Å². The van der Waals surface area contributed by atoms with Crippen LogP contribution in [0.4, 0.5) is 0 Å². The van der Waals surface area contributed by atoms with Crippen molar-refractivity contribution in [1.29, 1.82) is 0 Å². The number of nitrogens with one attached hydrogen (secondary N) is 1. The van der Waals surface area contributed by atoms with Crippen molar-refractivity contribution < 1.29 is 0 Å². The molecule has 0 spiro atoms. The summed E-state index contributed by atoms with van der Waals surface area (Å²) in [4.78, 5) is 0. The fraction of sp³-hybridized carbons (Fsp3) is 0.375. The third kappa shape index (κ3) is 2.65. The zero-order valence-electron chi connectivity index (χ0n) is 10.7. The Kier molecular flexibility index (Phi) is 3.48. The van der Waals surface area contributed by atoms with Gasteiger partial charge in [-0.15, -0.1) is 0 Å². The summed E-state index contributed by atoms with van der Waals surface area (Å²) in [6.45, 7) is 2.26. The molecule has 1 nitrogen and oxygen atoms in total. The van der Waals surface area contributed by atoms with Crippen LogP contribution < -0.4 is 5.32 Å². The molecule has 1 aliphatic carbocycles. The van der Waals surface area contributed by atoms with Crippen LogP contribution in [-0.2, 0) is 0 Å². The molecule has 2 aromatic rings. The number of rotatable bonds is 5. The zero-order chi connectivity index (χ0) is 12.4. The molecule has 2 atom stereocenters. The van der Waals surface area contributed by atoms with Gasteiger partial charge in [-0.25, -0.2) is 0 Å². The Balaban J connectivity index is 1.75. The van der Waals surface area contributed by atoms with E-state index in [0.717, 1.165) is 5.92 Å². The van der Waals surface area contributed by atoms with E-state index in [1.165, 1.54) is 24.0 Å². The van der Waals surface area contributed by atoms with Gasteiger partial charge in [-0.1, -0.05) is 30.3 Å². The topological polar surface area (TPSA) is 12.0 Å². The largest absolute Gasteiger partial charge is 0.303 e. The molecule has 1 aliphatic rings. The smallest absolute Gasteiger partial charge is 0.0353 e. The predicted molar refractivity (Wildman–Crippen MR) is 77.8 cm³/mol. The molecule has 1 aromatic heterocycles. The Hall–Kier alpha value is -1.12. The van der Waals surface area contributed by atoms with E-state index in [2.05, 4.69) is 59.4 Å². The molecular weight excluding hydrogens is 238 g/mol. The van der Waals surface area contributed by atoms with Crippen LogP contribution in [0, 0.1) is 5.92 Å². The van der Waals surface area contributed by atoms with Crippen molar-refractivity contribution in [2.24, 2.45) is 5.92 Å². The second kappa shape index (κ2) is 5.25. The Morgan fingerprint density at radius 1 is 1.11 bits per heavy atom. The molecule has 0 saturated heterocycles. The lowest BCUT2D eigenvalue weighted by Crippen LogP contribution is -2.25. The van der Waals surface area contributed by atoms with Gasteiger partial charge >= 0.3 is 0 Å². The van der Waals surface area contributed by atoms with Crippen molar-refractivity contribution >= 4 is 11.3 Å². The molecule has 2 heteroatoms. The predicted octanol–water partition coefficient (Wildman–Crippen LogP) is 4.55. The first-order valence-corrected chi connectivity index (χ1v) is 7.62. The van der Waals surface area contributed by atoms with Crippen molar-refractivity contribution in [2.45, 2.75) is 31.8 Å². The van der Waals surface area contributed by atoms with Crippen molar-refractivity contribution in [3.8, 4) is 0 Å². The summed E-state index contributed by atoms with van der Waals surface area (Å²) in [5.41, 5.74) is 2.84. The van der Waals surface area contributed by atoms with Crippen LogP contribution in [0.3, 0.4) is 0 Å². The molecule has 1 aromatic carbocycles. The van der Waals surface area contributed by atoms with Gasteiger partial charge in [0, 0.05) is 12.1 Å². The van der Waals surface area contributed by atoms with Crippen molar-refractivity contribution in [3.63, 3.8) is 0 Å². The number of hydrogen-bond donors (Lipinski definition) is 1. The lowest BCUT2D eigenvalue weighted by Gasteiger charge is -2.23. The highest BCUT2D eigenvalue weighted by Crippen LogP contribution is 2.42. The summed E-state index contributed by atoms with van der Waals surface area (Å²) < 4.78 is 0. The first-order chi connectivity index (χ1) is 8.84. The van der Waals surface area contributed by atoms with Crippen LogP contribution in [0.2, 0.25) is 0 Å². The van der Waals surface area contributed by atoms with Gasteiger partial charge in [0.25, 0.3) is 0 Å². The van der Waals surface area contributed by atoms with Gasteiger partial charge in [0.1, 0.15) is 0 Å². The Morgan fingerprint density at radius 3 is 2.50 bits per heavy atom. The molecule has 1 N–H and O–H groups in total. The first kappa shape index (κ1) is 11.9. The van der Waals surface area contributed by atoms with Crippen molar-refractivity contribution in [3.05, 3.63) is 58.3 Å². The van der Waals surface area contributed by atoms with E-state index in [1.54, 1.807) is 11.3 Å². The summed E-state index contributed by atoms with van der Waals surface area (Å²) >= 11 is 1.77. The fourth-order valence-corrected chi connectivity index (χ4v) is 3.24. The number of thiophene rings is 1. The van der Waals surface area contributed by atoms with Crippen molar-refractivity contribution in [2.75, 3.05) is 0 Å². The summed E-state index contributed by atoms with van der Waals surface area (Å²) in [6.07, 6.45) is 2.73. The summed E-state index contributed by atoms with van der Waals surface area (Å²) in [7, 11) is 0. The quantitative estimate of drug-likeness (QED) is 0.828. The maximum Gasteiger partial charge on any atom is 0.0353 e. The number of benzene rings is 1. The van der Waals surface area contributed by atoms with Gasteiger partial charge in [-0.2, -0.15) is 11.3 Å². The molecule has 0 radical (unpaired) electrons. The average Bonchev–Trinajstić information content (AvgIpc) is 3.10. The second-order valence-corrected chi connectivity index (χ2v) is 5.95. The van der Waals surface area contributed by atoms with E-state index in [9.17, 15) is 0 Å². The molecule has 1 fully saturated rings. The zero-order valence-corrected chi connectivity index (χ0v) is 11.5. The second-order valence-electron chi connectivity index (χ2n) is 5.17. The summed E-state index contributed by atoms with van der Waals surface area (Å²) in [5, 5.41) is 8.20. The van der Waals surface area contributed by atoms with E-state index < -0.39 is 0 Å². The normalized spacial score (nSPS) is 18.5. The van der Waals surface area contributed by atoms with E-state index in [1.807, 2.05) is 0 Å². The maximum absolute atomic E-state index is 3.80. The Labute approximate surface area is 113 Å². The summed E-state index contributed by atoms with van der Waals surface area (Å²) in [6, 6.07) is 14.0. The molecular formula is C16H19NS. The fourth-order valence-electron chi connectivity index (χ4n) is 2.48. The highest BCUT2D eigenvalue weighted by molar-refractivity contribution is 7.07. The van der Waals surface area contributed by atoms with Crippen molar-refractivity contribution in [1.82, 2.24) is 5.32 Å². The SMILES string of the molecule is CC(NC(c1ccccc1)C1CC1)c1ccsc1. The third-order valence-corrected chi connectivity index (χ3v) is 4.43. The average molecular weight is 257 g/mol. The van der Waals surface area contributed by atoms with Gasteiger partial charge in [0.05, 0.1) is 0 Å². The van der Waals surface area contributed by atoms with Gasteiger partial charge in [0.2, 0.25) is 0 Å².